The molecule has 0 spiro atoms. The molecule has 1 unspecified atom stereocenters. The zero-order chi connectivity index (χ0) is 14.8. The molecular weight excluding hydrogens is 260 g/mol. The predicted octanol–water partition coefficient (Wildman–Crippen LogP) is 3.26. The maximum atomic E-state index is 4.98. The third-order valence-corrected chi connectivity index (χ3v) is 4.43. The van der Waals surface area contributed by atoms with Crippen molar-refractivity contribution in [3.63, 3.8) is 0 Å². The van der Waals surface area contributed by atoms with Crippen molar-refractivity contribution in [2.24, 2.45) is 0 Å². The van der Waals surface area contributed by atoms with Crippen LogP contribution in [0.25, 0.3) is 11.0 Å². The Morgan fingerprint density at radius 1 is 1.38 bits per heavy atom. The summed E-state index contributed by atoms with van der Waals surface area (Å²) in [6, 6.07) is 4.90. The second-order valence-corrected chi connectivity index (χ2v) is 6.30. The molecule has 1 fully saturated rings. The van der Waals surface area contributed by atoms with E-state index in [4.69, 9.17) is 4.98 Å². The van der Waals surface area contributed by atoms with Gasteiger partial charge in [0.2, 0.25) is 0 Å². The van der Waals surface area contributed by atoms with Crippen molar-refractivity contribution in [3.8, 4) is 0 Å². The van der Waals surface area contributed by atoms with Crippen LogP contribution in [0.4, 0.5) is 5.82 Å². The topological polar surface area (TPSA) is 44.0 Å². The summed E-state index contributed by atoms with van der Waals surface area (Å²) in [5, 5.41) is 3.51. The minimum Gasteiger partial charge on any atom is -0.360 e. The van der Waals surface area contributed by atoms with Crippen molar-refractivity contribution >= 4 is 16.9 Å². The van der Waals surface area contributed by atoms with Crippen LogP contribution in [-0.4, -0.2) is 35.6 Å². The molecule has 114 valence electrons. The molecule has 0 aromatic carbocycles. The highest BCUT2D eigenvalue weighted by molar-refractivity contribution is 5.81. The van der Waals surface area contributed by atoms with Gasteiger partial charge < -0.3 is 15.2 Å². The molecule has 1 aliphatic heterocycles. The Morgan fingerprint density at radius 2 is 2.24 bits per heavy atom. The molecule has 0 bridgehead atoms. The van der Waals surface area contributed by atoms with Gasteiger partial charge in [0.1, 0.15) is 5.82 Å². The largest absolute Gasteiger partial charge is 0.360 e. The Kier molecular flexibility index (Phi) is 4.15. The lowest BCUT2D eigenvalue weighted by atomic mass is 10.1. The van der Waals surface area contributed by atoms with Gasteiger partial charge in [-0.1, -0.05) is 27.2 Å². The second-order valence-electron chi connectivity index (χ2n) is 6.30. The number of pyridine rings is 1. The number of aromatic amines is 1. The van der Waals surface area contributed by atoms with Crippen molar-refractivity contribution in [1.82, 2.24) is 15.3 Å². The van der Waals surface area contributed by atoms with Gasteiger partial charge in [-0.3, -0.25) is 0 Å². The van der Waals surface area contributed by atoms with Crippen LogP contribution in [0.3, 0.4) is 0 Å². The average molecular weight is 286 g/mol. The number of H-pyrrole nitrogens is 1. The fraction of sp³-hybridized carbons (Fsp3) is 0.588. The first kappa shape index (κ1) is 14.4. The molecule has 3 heterocycles. The highest BCUT2D eigenvalue weighted by atomic mass is 15.3. The molecular formula is C17H26N4. The lowest BCUT2D eigenvalue weighted by molar-refractivity contribution is 0.448. The maximum Gasteiger partial charge on any atom is 0.129 e. The lowest BCUT2D eigenvalue weighted by Gasteiger charge is -2.37. The summed E-state index contributed by atoms with van der Waals surface area (Å²) in [6.07, 6.45) is 4.54. The van der Waals surface area contributed by atoms with Crippen LogP contribution in [0.15, 0.2) is 18.3 Å². The molecule has 1 atom stereocenters. The Balaban J connectivity index is 1.96. The molecule has 1 saturated heterocycles. The van der Waals surface area contributed by atoms with Crippen LogP contribution in [0.5, 0.6) is 0 Å². The van der Waals surface area contributed by atoms with Crippen molar-refractivity contribution in [2.45, 2.75) is 45.6 Å². The molecule has 2 aromatic heterocycles. The molecule has 4 heteroatoms. The third-order valence-electron chi connectivity index (χ3n) is 4.43. The van der Waals surface area contributed by atoms with Gasteiger partial charge in [0, 0.05) is 31.9 Å². The molecule has 2 aromatic rings. The number of fused-ring (bicyclic) bond motifs is 1. The number of nitrogens with one attached hydrogen (secondary N) is 2. The standard InChI is InChI=1S/C17H26N4/c1-4-5-13-10-18-8-9-21(13)16-7-6-15-17(20-16)14(11-19-15)12(2)3/h6-7,11-13,18-19H,4-5,8-10H2,1-3H3. The Labute approximate surface area is 126 Å². The number of anilines is 1. The normalized spacial score (nSPS) is 19.6. The summed E-state index contributed by atoms with van der Waals surface area (Å²) in [5.41, 5.74) is 3.59. The van der Waals surface area contributed by atoms with E-state index in [-0.39, 0.29) is 0 Å². The highest BCUT2D eigenvalue weighted by Gasteiger charge is 2.23. The van der Waals surface area contributed by atoms with E-state index >= 15 is 0 Å². The van der Waals surface area contributed by atoms with Gasteiger partial charge >= 0.3 is 0 Å². The van der Waals surface area contributed by atoms with Crippen LogP contribution in [0.1, 0.15) is 45.1 Å². The van der Waals surface area contributed by atoms with Gasteiger partial charge in [0.25, 0.3) is 0 Å². The van der Waals surface area contributed by atoms with E-state index in [1.54, 1.807) is 0 Å². The molecule has 3 rings (SSSR count). The van der Waals surface area contributed by atoms with Crippen LogP contribution >= 0.6 is 0 Å². The minimum absolute atomic E-state index is 0.496. The summed E-state index contributed by atoms with van der Waals surface area (Å²) in [5.74, 6) is 1.62. The molecule has 21 heavy (non-hydrogen) atoms. The van der Waals surface area contributed by atoms with Gasteiger partial charge in [0.15, 0.2) is 0 Å². The third kappa shape index (κ3) is 2.77. The van der Waals surface area contributed by atoms with Crippen LogP contribution in [-0.2, 0) is 0 Å². The van der Waals surface area contributed by atoms with E-state index in [1.807, 2.05) is 0 Å². The molecule has 0 amide bonds. The van der Waals surface area contributed by atoms with Crippen molar-refractivity contribution < 1.29 is 0 Å². The first-order chi connectivity index (χ1) is 10.2. The molecule has 4 nitrogen and oxygen atoms in total. The first-order valence-electron chi connectivity index (χ1n) is 8.16. The summed E-state index contributed by atoms with van der Waals surface area (Å²) >= 11 is 0. The van der Waals surface area contributed by atoms with Gasteiger partial charge in [-0.05, 0) is 30.0 Å². The molecule has 0 aliphatic carbocycles. The van der Waals surface area contributed by atoms with E-state index in [0.29, 0.717) is 12.0 Å². The van der Waals surface area contributed by atoms with Crippen molar-refractivity contribution in [2.75, 3.05) is 24.5 Å². The number of aromatic nitrogens is 2. The molecule has 2 N–H and O–H groups in total. The quantitative estimate of drug-likeness (QED) is 0.906. The maximum absolute atomic E-state index is 4.98. The number of hydrogen-bond acceptors (Lipinski definition) is 3. The van der Waals surface area contributed by atoms with Crippen molar-refractivity contribution in [3.05, 3.63) is 23.9 Å². The predicted molar refractivity (Wildman–Crippen MR) is 89.1 cm³/mol. The van der Waals surface area contributed by atoms with E-state index in [9.17, 15) is 0 Å². The number of hydrogen-bond donors (Lipinski definition) is 2. The van der Waals surface area contributed by atoms with Gasteiger partial charge in [-0.25, -0.2) is 4.98 Å². The highest BCUT2D eigenvalue weighted by Crippen LogP contribution is 2.27. The van der Waals surface area contributed by atoms with E-state index in [2.05, 4.69) is 54.3 Å². The van der Waals surface area contributed by atoms with E-state index in [0.717, 1.165) is 36.5 Å². The smallest absolute Gasteiger partial charge is 0.129 e. The molecule has 0 saturated carbocycles. The van der Waals surface area contributed by atoms with E-state index in [1.165, 1.54) is 18.4 Å². The molecule has 0 radical (unpaired) electrons. The van der Waals surface area contributed by atoms with Crippen molar-refractivity contribution in [1.29, 1.82) is 0 Å². The van der Waals surface area contributed by atoms with E-state index < -0.39 is 0 Å². The minimum atomic E-state index is 0.496. The zero-order valence-corrected chi connectivity index (χ0v) is 13.3. The summed E-state index contributed by atoms with van der Waals surface area (Å²) < 4.78 is 0. The van der Waals surface area contributed by atoms with Gasteiger partial charge in [0.05, 0.1) is 11.0 Å². The number of piperazine rings is 1. The summed E-state index contributed by atoms with van der Waals surface area (Å²) in [6.45, 7) is 9.86. The van der Waals surface area contributed by atoms with Gasteiger partial charge in [-0.2, -0.15) is 0 Å². The SMILES string of the molecule is CCCC1CNCCN1c1ccc2[nH]cc(C(C)C)c2n1. The van der Waals surface area contributed by atoms with Crippen LogP contribution < -0.4 is 10.2 Å². The Hall–Kier alpha value is -1.55. The number of rotatable bonds is 4. The average Bonchev–Trinajstić information content (AvgIpc) is 2.91. The Bertz CT molecular complexity index is 600. The fourth-order valence-electron chi connectivity index (χ4n) is 3.26. The lowest BCUT2D eigenvalue weighted by Crippen LogP contribution is -2.51. The summed E-state index contributed by atoms with van der Waals surface area (Å²) in [7, 11) is 0. The first-order valence-corrected chi connectivity index (χ1v) is 8.16. The number of nitrogens with zero attached hydrogens (tertiary/aromatic N) is 2. The zero-order valence-electron chi connectivity index (χ0n) is 13.3. The van der Waals surface area contributed by atoms with Crippen LogP contribution in [0.2, 0.25) is 0 Å². The second kappa shape index (κ2) is 6.06. The van der Waals surface area contributed by atoms with Crippen LogP contribution in [0, 0.1) is 0 Å². The van der Waals surface area contributed by atoms with Gasteiger partial charge in [-0.15, -0.1) is 0 Å². The monoisotopic (exact) mass is 286 g/mol. The summed E-state index contributed by atoms with van der Waals surface area (Å²) in [4.78, 5) is 10.8. The Morgan fingerprint density at radius 3 is 3.00 bits per heavy atom. The molecule has 1 aliphatic rings. The fourth-order valence-corrected chi connectivity index (χ4v) is 3.26.